The van der Waals surface area contributed by atoms with Crippen LogP contribution in [0.25, 0.3) is 10.9 Å². The first-order valence-corrected chi connectivity index (χ1v) is 8.77. The van der Waals surface area contributed by atoms with Crippen molar-refractivity contribution in [1.82, 2.24) is 4.57 Å². The fourth-order valence-corrected chi connectivity index (χ4v) is 3.17. The van der Waals surface area contributed by atoms with E-state index in [1.54, 1.807) is 18.2 Å². The maximum atomic E-state index is 13.0. The lowest BCUT2D eigenvalue weighted by Gasteiger charge is -2.17. The van der Waals surface area contributed by atoms with Crippen molar-refractivity contribution in [2.45, 2.75) is 26.7 Å². The molecule has 1 heterocycles. The first kappa shape index (κ1) is 18.4. The van der Waals surface area contributed by atoms with Gasteiger partial charge in [0.05, 0.1) is 5.52 Å². The van der Waals surface area contributed by atoms with Crippen LogP contribution >= 0.6 is 0 Å². The molecule has 0 radical (unpaired) electrons. The number of anilines is 1. The van der Waals surface area contributed by atoms with Crippen LogP contribution in [-0.4, -0.2) is 21.7 Å². The third kappa shape index (κ3) is 3.33. The molecule has 0 saturated heterocycles. The molecule has 2 N–H and O–H groups in total. The molecule has 138 valence electrons. The van der Waals surface area contributed by atoms with Crippen molar-refractivity contribution >= 4 is 28.6 Å². The summed E-state index contributed by atoms with van der Waals surface area (Å²) in [7, 11) is 0. The summed E-state index contributed by atoms with van der Waals surface area (Å²) in [5.74, 6) is -1.37. The molecule has 0 saturated carbocycles. The second-order valence-corrected chi connectivity index (χ2v) is 6.15. The molecule has 0 atom stereocenters. The number of carboxylic acid groups (broad SMARTS) is 1. The minimum absolute atomic E-state index is 0.187. The van der Waals surface area contributed by atoms with E-state index in [1.165, 1.54) is 10.6 Å². The number of aryl methyl sites for hydroxylation is 2. The summed E-state index contributed by atoms with van der Waals surface area (Å²) in [5, 5.41) is 12.4. The maximum absolute atomic E-state index is 13.0. The van der Waals surface area contributed by atoms with Crippen molar-refractivity contribution < 1.29 is 14.7 Å². The quantitative estimate of drug-likeness (QED) is 0.735. The van der Waals surface area contributed by atoms with Gasteiger partial charge in [0.25, 0.3) is 0 Å². The van der Waals surface area contributed by atoms with Crippen molar-refractivity contribution in [3.8, 4) is 0 Å². The Kier molecular flexibility index (Phi) is 5.07. The fraction of sp³-hybridized carbons (Fsp3) is 0.190. The number of amides is 1. The van der Waals surface area contributed by atoms with Gasteiger partial charge in [-0.05, 0) is 36.1 Å². The molecule has 3 rings (SSSR count). The first-order valence-electron chi connectivity index (χ1n) is 8.77. The molecule has 1 amide bonds. The van der Waals surface area contributed by atoms with Gasteiger partial charge in [-0.1, -0.05) is 44.2 Å². The van der Waals surface area contributed by atoms with Crippen LogP contribution in [0.4, 0.5) is 10.5 Å². The van der Waals surface area contributed by atoms with E-state index >= 15 is 0 Å². The molecule has 6 heteroatoms. The molecule has 0 aliphatic rings. The highest BCUT2D eigenvalue weighted by atomic mass is 16.4. The van der Waals surface area contributed by atoms with Gasteiger partial charge >= 0.3 is 12.0 Å². The Bertz CT molecular complexity index is 1080. The molecule has 3 aromatic rings. The Labute approximate surface area is 156 Å². The average Bonchev–Trinajstić information content (AvgIpc) is 2.68. The van der Waals surface area contributed by atoms with E-state index in [0.717, 1.165) is 35.9 Å². The maximum Gasteiger partial charge on any atom is 0.341 e. The van der Waals surface area contributed by atoms with E-state index in [1.807, 2.05) is 32.0 Å². The molecule has 0 aliphatic carbocycles. The summed E-state index contributed by atoms with van der Waals surface area (Å²) >= 11 is 0. The predicted molar refractivity (Wildman–Crippen MR) is 105 cm³/mol. The zero-order chi connectivity index (χ0) is 19.6. The number of fused-ring (bicyclic) bond motifs is 1. The lowest BCUT2D eigenvalue weighted by atomic mass is 10.0. The SMILES string of the molecule is CCc1cccc(CC)c1NC(=O)n1cc(C(=O)O)c(=O)c2ccccc21. The Morgan fingerprint density at radius 3 is 2.22 bits per heavy atom. The molecule has 2 aromatic carbocycles. The number of carbonyl (C=O) groups excluding carboxylic acids is 1. The first-order chi connectivity index (χ1) is 13.0. The predicted octanol–water partition coefficient (Wildman–Crippen LogP) is 3.90. The highest BCUT2D eigenvalue weighted by Crippen LogP contribution is 2.23. The molecule has 0 bridgehead atoms. The second-order valence-electron chi connectivity index (χ2n) is 6.15. The minimum Gasteiger partial charge on any atom is -0.477 e. The van der Waals surface area contributed by atoms with Gasteiger partial charge in [-0.3, -0.25) is 9.36 Å². The highest BCUT2D eigenvalue weighted by Gasteiger charge is 2.18. The largest absolute Gasteiger partial charge is 0.477 e. The number of nitrogens with one attached hydrogen (secondary N) is 1. The normalized spacial score (nSPS) is 10.7. The van der Waals surface area contributed by atoms with Gasteiger partial charge in [0, 0.05) is 17.3 Å². The molecule has 1 aromatic heterocycles. The van der Waals surface area contributed by atoms with E-state index in [9.17, 15) is 19.5 Å². The van der Waals surface area contributed by atoms with Crippen molar-refractivity contribution in [2.75, 3.05) is 5.32 Å². The van der Waals surface area contributed by atoms with E-state index < -0.39 is 23.0 Å². The van der Waals surface area contributed by atoms with Gasteiger partial charge in [0.2, 0.25) is 5.43 Å². The monoisotopic (exact) mass is 364 g/mol. The van der Waals surface area contributed by atoms with Crippen LogP contribution in [0, 0.1) is 0 Å². The molecule has 0 spiro atoms. The molecular weight excluding hydrogens is 344 g/mol. The summed E-state index contributed by atoms with van der Waals surface area (Å²) in [6.45, 7) is 4.00. The summed E-state index contributed by atoms with van der Waals surface area (Å²) in [6, 6.07) is 11.8. The van der Waals surface area contributed by atoms with E-state index in [2.05, 4.69) is 5.32 Å². The number of carboxylic acids is 1. The van der Waals surface area contributed by atoms with Crippen molar-refractivity contribution in [1.29, 1.82) is 0 Å². The molecule has 27 heavy (non-hydrogen) atoms. The molecular formula is C21H20N2O4. The van der Waals surface area contributed by atoms with E-state index in [-0.39, 0.29) is 5.39 Å². The number of hydrogen-bond acceptors (Lipinski definition) is 3. The number of benzene rings is 2. The van der Waals surface area contributed by atoms with Gasteiger partial charge in [0.15, 0.2) is 0 Å². The molecule has 0 fully saturated rings. The van der Waals surface area contributed by atoms with Crippen molar-refractivity contribution in [3.05, 3.63) is 75.6 Å². The summed E-state index contributed by atoms with van der Waals surface area (Å²) < 4.78 is 1.19. The smallest absolute Gasteiger partial charge is 0.341 e. The van der Waals surface area contributed by atoms with Gasteiger partial charge < -0.3 is 10.4 Å². The van der Waals surface area contributed by atoms with E-state index in [4.69, 9.17) is 0 Å². The van der Waals surface area contributed by atoms with E-state index in [0.29, 0.717) is 5.52 Å². The van der Waals surface area contributed by atoms with Crippen LogP contribution in [0.3, 0.4) is 0 Å². The Hall–Kier alpha value is -3.41. The number of rotatable bonds is 4. The standard InChI is InChI=1S/C21H20N2O4/c1-3-13-8-7-9-14(4-2)18(13)22-21(27)23-12-16(20(25)26)19(24)15-10-5-6-11-17(15)23/h5-12H,3-4H2,1-2H3,(H,22,27)(H,25,26). The zero-order valence-corrected chi connectivity index (χ0v) is 15.2. The number of nitrogens with zero attached hydrogens (tertiary/aromatic N) is 1. The lowest BCUT2D eigenvalue weighted by molar-refractivity contribution is 0.0695. The third-order valence-corrected chi connectivity index (χ3v) is 4.59. The number of hydrogen-bond donors (Lipinski definition) is 2. The van der Waals surface area contributed by atoms with Gasteiger partial charge in [-0.25, -0.2) is 9.59 Å². The van der Waals surface area contributed by atoms with Crippen LogP contribution in [0.15, 0.2) is 53.5 Å². The Morgan fingerprint density at radius 1 is 1.00 bits per heavy atom. The number of aromatic nitrogens is 1. The van der Waals surface area contributed by atoms with Crippen molar-refractivity contribution in [2.24, 2.45) is 0 Å². The molecule has 0 aliphatic heterocycles. The van der Waals surface area contributed by atoms with Crippen LogP contribution < -0.4 is 10.7 Å². The number of para-hydroxylation sites is 2. The Balaban J connectivity index is 2.17. The van der Waals surface area contributed by atoms with Crippen molar-refractivity contribution in [3.63, 3.8) is 0 Å². The second kappa shape index (κ2) is 7.45. The molecule has 0 unspecified atom stereocenters. The third-order valence-electron chi connectivity index (χ3n) is 4.59. The van der Waals surface area contributed by atoms with Crippen LogP contribution in [0.2, 0.25) is 0 Å². The van der Waals surface area contributed by atoms with Crippen LogP contribution in [0.1, 0.15) is 35.3 Å². The summed E-state index contributed by atoms with van der Waals surface area (Å²) in [4.78, 5) is 36.8. The lowest BCUT2D eigenvalue weighted by Crippen LogP contribution is -2.26. The summed E-state index contributed by atoms with van der Waals surface area (Å²) in [6.07, 6.45) is 2.58. The fourth-order valence-electron chi connectivity index (χ4n) is 3.17. The van der Waals surface area contributed by atoms with Crippen LogP contribution in [-0.2, 0) is 12.8 Å². The highest BCUT2D eigenvalue weighted by molar-refractivity contribution is 6.01. The number of aromatic carboxylic acids is 1. The number of carbonyl (C=O) groups is 2. The number of pyridine rings is 1. The van der Waals surface area contributed by atoms with Crippen LogP contribution in [0.5, 0.6) is 0 Å². The topological polar surface area (TPSA) is 88.4 Å². The van der Waals surface area contributed by atoms with Gasteiger partial charge in [-0.2, -0.15) is 0 Å². The Morgan fingerprint density at radius 2 is 1.63 bits per heavy atom. The average molecular weight is 364 g/mol. The molecule has 6 nitrogen and oxygen atoms in total. The zero-order valence-electron chi connectivity index (χ0n) is 15.2. The summed E-state index contributed by atoms with van der Waals surface area (Å²) in [5.41, 5.74) is 2.02. The minimum atomic E-state index is -1.37. The van der Waals surface area contributed by atoms with Gasteiger partial charge in [0.1, 0.15) is 5.56 Å². The van der Waals surface area contributed by atoms with Gasteiger partial charge in [-0.15, -0.1) is 0 Å².